The minimum Gasteiger partial charge on any atom is -0.481 e. The van der Waals surface area contributed by atoms with Crippen LogP contribution in [0.2, 0.25) is 0 Å². The highest BCUT2D eigenvalue weighted by molar-refractivity contribution is 7.99. The van der Waals surface area contributed by atoms with Gasteiger partial charge in [-0.2, -0.15) is 11.8 Å². The number of likely N-dealkylation sites (tertiary alicyclic amines) is 1. The van der Waals surface area contributed by atoms with Gasteiger partial charge in [0, 0.05) is 24.8 Å². The molecule has 2 saturated heterocycles. The Labute approximate surface area is 82.5 Å². The molecule has 2 aliphatic heterocycles. The number of carboxylic acids is 1. The molecular formula is C9H15NO2S. The van der Waals surface area contributed by atoms with E-state index < -0.39 is 5.97 Å². The SMILES string of the molecule is CN1CC(CC(=O)O)C2CSCC21. The molecule has 2 rings (SSSR count). The van der Waals surface area contributed by atoms with Gasteiger partial charge in [0.25, 0.3) is 0 Å². The highest BCUT2D eigenvalue weighted by Gasteiger charge is 2.43. The van der Waals surface area contributed by atoms with Crippen molar-refractivity contribution in [3.63, 3.8) is 0 Å². The third-order valence-electron chi connectivity index (χ3n) is 3.22. The first kappa shape index (κ1) is 9.34. The minimum atomic E-state index is -0.643. The van der Waals surface area contributed by atoms with Crippen LogP contribution >= 0.6 is 11.8 Å². The van der Waals surface area contributed by atoms with E-state index in [1.54, 1.807) is 0 Å². The Bertz CT molecular complexity index is 222. The van der Waals surface area contributed by atoms with Gasteiger partial charge in [-0.3, -0.25) is 4.79 Å². The molecule has 2 aliphatic rings. The van der Waals surface area contributed by atoms with Crippen LogP contribution in [0.15, 0.2) is 0 Å². The van der Waals surface area contributed by atoms with Gasteiger partial charge in [0.15, 0.2) is 0 Å². The molecule has 0 amide bonds. The van der Waals surface area contributed by atoms with Gasteiger partial charge in [0.05, 0.1) is 0 Å². The number of carboxylic acid groups (broad SMARTS) is 1. The van der Waals surface area contributed by atoms with Crippen molar-refractivity contribution in [2.75, 3.05) is 25.1 Å². The van der Waals surface area contributed by atoms with Crippen LogP contribution in [0.3, 0.4) is 0 Å². The van der Waals surface area contributed by atoms with E-state index in [1.807, 2.05) is 11.8 Å². The largest absolute Gasteiger partial charge is 0.481 e. The lowest BCUT2D eigenvalue weighted by molar-refractivity contribution is -0.138. The van der Waals surface area contributed by atoms with Crippen LogP contribution < -0.4 is 0 Å². The van der Waals surface area contributed by atoms with Gasteiger partial charge in [-0.15, -0.1) is 0 Å². The highest BCUT2D eigenvalue weighted by Crippen LogP contribution is 2.40. The minimum absolute atomic E-state index is 0.353. The Balaban J connectivity index is 2.02. The van der Waals surface area contributed by atoms with Crippen LogP contribution in [-0.2, 0) is 4.79 Å². The zero-order chi connectivity index (χ0) is 9.42. The topological polar surface area (TPSA) is 40.5 Å². The van der Waals surface area contributed by atoms with E-state index in [0.717, 1.165) is 12.3 Å². The third-order valence-corrected chi connectivity index (χ3v) is 4.42. The van der Waals surface area contributed by atoms with Crippen molar-refractivity contribution in [2.45, 2.75) is 12.5 Å². The lowest BCUT2D eigenvalue weighted by Crippen LogP contribution is -2.28. The molecule has 74 valence electrons. The molecule has 0 spiro atoms. The molecule has 0 bridgehead atoms. The number of aliphatic carboxylic acids is 1. The van der Waals surface area contributed by atoms with E-state index >= 15 is 0 Å². The van der Waals surface area contributed by atoms with Gasteiger partial charge in [-0.25, -0.2) is 0 Å². The Morgan fingerprint density at radius 3 is 3.08 bits per heavy atom. The fourth-order valence-corrected chi connectivity index (χ4v) is 4.19. The predicted molar refractivity (Wildman–Crippen MR) is 53.0 cm³/mol. The Hall–Kier alpha value is -0.220. The van der Waals surface area contributed by atoms with Crippen molar-refractivity contribution in [1.82, 2.24) is 4.90 Å². The van der Waals surface area contributed by atoms with Gasteiger partial charge in [-0.1, -0.05) is 0 Å². The van der Waals surface area contributed by atoms with Gasteiger partial charge >= 0.3 is 5.97 Å². The van der Waals surface area contributed by atoms with Crippen molar-refractivity contribution in [1.29, 1.82) is 0 Å². The normalized spacial score (nSPS) is 39.3. The van der Waals surface area contributed by atoms with E-state index in [1.165, 1.54) is 5.75 Å². The van der Waals surface area contributed by atoms with E-state index in [9.17, 15) is 4.79 Å². The first-order chi connectivity index (χ1) is 6.18. The fraction of sp³-hybridized carbons (Fsp3) is 0.889. The summed E-state index contributed by atoms with van der Waals surface area (Å²) in [6.07, 6.45) is 0.353. The molecule has 13 heavy (non-hydrogen) atoms. The summed E-state index contributed by atoms with van der Waals surface area (Å²) in [5.41, 5.74) is 0. The molecule has 0 aromatic carbocycles. The van der Waals surface area contributed by atoms with Crippen LogP contribution in [0.4, 0.5) is 0 Å². The monoisotopic (exact) mass is 201 g/mol. The average Bonchev–Trinajstić information content (AvgIpc) is 2.56. The summed E-state index contributed by atoms with van der Waals surface area (Å²) in [6.45, 7) is 0.974. The van der Waals surface area contributed by atoms with E-state index in [4.69, 9.17) is 5.11 Å². The molecule has 2 heterocycles. The molecule has 0 saturated carbocycles. The van der Waals surface area contributed by atoms with Crippen molar-refractivity contribution < 1.29 is 9.90 Å². The van der Waals surface area contributed by atoms with Crippen molar-refractivity contribution in [2.24, 2.45) is 11.8 Å². The second kappa shape index (κ2) is 3.50. The van der Waals surface area contributed by atoms with Crippen LogP contribution in [0, 0.1) is 11.8 Å². The van der Waals surface area contributed by atoms with Crippen LogP contribution in [0.1, 0.15) is 6.42 Å². The molecule has 1 N–H and O–H groups in total. The Morgan fingerprint density at radius 1 is 1.62 bits per heavy atom. The number of nitrogens with zero attached hydrogens (tertiary/aromatic N) is 1. The summed E-state index contributed by atoms with van der Waals surface area (Å²) in [4.78, 5) is 13.0. The zero-order valence-electron chi connectivity index (χ0n) is 7.77. The van der Waals surface area contributed by atoms with Crippen LogP contribution in [0.25, 0.3) is 0 Å². The maximum Gasteiger partial charge on any atom is 0.303 e. The van der Waals surface area contributed by atoms with Crippen molar-refractivity contribution in [3.8, 4) is 0 Å². The van der Waals surface area contributed by atoms with Gasteiger partial charge < -0.3 is 10.0 Å². The number of thioether (sulfide) groups is 1. The van der Waals surface area contributed by atoms with E-state index in [2.05, 4.69) is 11.9 Å². The van der Waals surface area contributed by atoms with Gasteiger partial charge in [0.1, 0.15) is 0 Å². The number of fused-ring (bicyclic) bond motifs is 1. The van der Waals surface area contributed by atoms with E-state index in [0.29, 0.717) is 24.3 Å². The zero-order valence-corrected chi connectivity index (χ0v) is 8.59. The lowest BCUT2D eigenvalue weighted by atomic mass is 9.91. The third kappa shape index (κ3) is 1.70. The fourth-order valence-electron chi connectivity index (χ4n) is 2.54. The maximum absolute atomic E-state index is 10.6. The van der Waals surface area contributed by atoms with Gasteiger partial charge in [-0.05, 0) is 24.6 Å². The summed E-state index contributed by atoms with van der Waals surface area (Å²) in [5.74, 6) is 2.73. The molecule has 0 radical (unpaired) electrons. The lowest BCUT2D eigenvalue weighted by Gasteiger charge is -2.16. The standard InChI is InChI=1S/C9H15NO2S/c1-10-3-6(2-9(11)12)7-4-13-5-8(7)10/h6-8H,2-5H2,1H3,(H,11,12). The molecule has 3 atom stereocenters. The number of rotatable bonds is 2. The molecule has 3 nitrogen and oxygen atoms in total. The van der Waals surface area contributed by atoms with Crippen molar-refractivity contribution in [3.05, 3.63) is 0 Å². The summed E-state index contributed by atoms with van der Waals surface area (Å²) in [5, 5.41) is 8.75. The molecule has 4 heteroatoms. The number of carbonyl (C=O) groups is 1. The summed E-state index contributed by atoms with van der Waals surface area (Å²) in [6, 6.07) is 0.648. The molecule has 0 aromatic heterocycles. The average molecular weight is 201 g/mol. The predicted octanol–water partition coefficient (Wildman–Crippen LogP) is 0.754. The second-order valence-corrected chi connectivity index (χ2v) is 5.14. The molecular weight excluding hydrogens is 186 g/mol. The molecule has 0 aromatic rings. The number of hydrogen-bond acceptors (Lipinski definition) is 3. The quantitative estimate of drug-likeness (QED) is 0.716. The smallest absolute Gasteiger partial charge is 0.303 e. The summed E-state index contributed by atoms with van der Waals surface area (Å²) in [7, 11) is 2.12. The first-order valence-electron chi connectivity index (χ1n) is 4.68. The summed E-state index contributed by atoms with van der Waals surface area (Å²) >= 11 is 1.97. The molecule has 3 unspecified atom stereocenters. The van der Waals surface area contributed by atoms with Gasteiger partial charge in [0.2, 0.25) is 0 Å². The maximum atomic E-state index is 10.6. The first-order valence-corrected chi connectivity index (χ1v) is 5.83. The number of hydrogen-bond donors (Lipinski definition) is 1. The Morgan fingerprint density at radius 2 is 2.38 bits per heavy atom. The van der Waals surface area contributed by atoms with Crippen LogP contribution in [-0.4, -0.2) is 47.1 Å². The molecule has 2 fully saturated rings. The van der Waals surface area contributed by atoms with Crippen molar-refractivity contribution >= 4 is 17.7 Å². The second-order valence-electron chi connectivity index (χ2n) is 4.07. The highest BCUT2D eigenvalue weighted by atomic mass is 32.2. The van der Waals surface area contributed by atoms with E-state index in [-0.39, 0.29) is 0 Å². The van der Waals surface area contributed by atoms with Crippen LogP contribution in [0.5, 0.6) is 0 Å². The Kier molecular flexibility index (Phi) is 2.51. The molecule has 0 aliphatic carbocycles. The summed E-state index contributed by atoms with van der Waals surface area (Å²) < 4.78 is 0.